The van der Waals surface area contributed by atoms with E-state index in [4.69, 9.17) is 14.2 Å². The van der Waals surface area contributed by atoms with E-state index in [0.717, 1.165) is 0 Å². The lowest BCUT2D eigenvalue weighted by atomic mass is 9.93. The van der Waals surface area contributed by atoms with Gasteiger partial charge in [-0.15, -0.1) is 0 Å². The molecular formula is C25H23NO7. The smallest absolute Gasteiger partial charge is 0.338 e. The van der Waals surface area contributed by atoms with Crippen molar-refractivity contribution in [3.63, 3.8) is 0 Å². The highest BCUT2D eigenvalue weighted by Crippen LogP contribution is 2.35. The molecule has 1 aromatic heterocycles. The zero-order valence-electron chi connectivity index (χ0n) is 17.6. The number of rotatable bonds is 7. The first-order chi connectivity index (χ1) is 16.0. The summed E-state index contributed by atoms with van der Waals surface area (Å²) in [5.74, 6) is -1.36. The van der Waals surface area contributed by atoms with Crippen molar-refractivity contribution in [2.24, 2.45) is 0 Å². The normalized spacial score (nSPS) is 23.0. The summed E-state index contributed by atoms with van der Waals surface area (Å²) in [7, 11) is 0. The van der Waals surface area contributed by atoms with Crippen molar-refractivity contribution < 1.29 is 34.0 Å². The van der Waals surface area contributed by atoms with Crippen molar-refractivity contribution in [3.05, 3.63) is 102 Å². The fourth-order valence-corrected chi connectivity index (χ4v) is 3.60. The molecular weight excluding hydrogens is 426 g/mol. The first-order valence-electron chi connectivity index (χ1n) is 10.4. The number of aliphatic hydroxyl groups excluding tert-OH is 1. The van der Waals surface area contributed by atoms with Crippen molar-refractivity contribution in [1.29, 1.82) is 0 Å². The second-order valence-electron chi connectivity index (χ2n) is 7.71. The SMILES string of the molecule is O=C(OC[C@]1(O)CO[C@@H]([C@@H](O)c2ccccn2)[C@@H]1OC(=O)c1ccccc1)c1ccccc1. The lowest BCUT2D eigenvalue weighted by Gasteiger charge is -2.31. The molecule has 0 aliphatic carbocycles. The summed E-state index contributed by atoms with van der Waals surface area (Å²) >= 11 is 0. The van der Waals surface area contributed by atoms with E-state index in [0.29, 0.717) is 5.56 Å². The van der Waals surface area contributed by atoms with Crippen LogP contribution in [0.25, 0.3) is 0 Å². The molecule has 0 radical (unpaired) electrons. The van der Waals surface area contributed by atoms with Crippen LogP contribution in [0.2, 0.25) is 0 Å². The number of aliphatic hydroxyl groups is 2. The van der Waals surface area contributed by atoms with Gasteiger partial charge in [0.15, 0.2) is 11.7 Å². The Bertz CT molecular complexity index is 1080. The molecule has 4 atom stereocenters. The van der Waals surface area contributed by atoms with Crippen molar-refractivity contribution in [1.82, 2.24) is 4.98 Å². The van der Waals surface area contributed by atoms with Gasteiger partial charge < -0.3 is 24.4 Å². The van der Waals surface area contributed by atoms with Crippen LogP contribution in [0.1, 0.15) is 32.5 Å². The Morgan fingerprint density at radius 3 is 2.18 bits per heavy atom. The average Bonchev–Trinajstić information content (AvgIpc) is 3.19. The van der Waals surface area contributed by atoms with Gasteiger partial charge >= 0.3 is 11.9 Å². The highest BCUT2D eigenvalue weighted by molar-refractivity contribution is 5.90. The lowest BCUT2D eigenvalue weighted by molar-refractivity contribution is -0.105. The van der Waals surface area contributed by atoms with Gasteiger partial charge in [0.05, 0.1) is 23.4 Å². The zero-order valence-corrected chi connectivity index (χ0v) is 17.6. The number of nitrogens with zero attached hydrogens (tertiary/aromatic N) is 1. The molecule has 2 heterocycles. The fraction of sp³-hybridized carbons (Fsp3) is 0.240. The molecule has 1 aliphatic heterocycles. The van der Waals surface area contributed by atoms with Crippen LogP contribution in [-0.4, -0.2) is 58.2 Å². The van der Waals surface area contributed by atoms with Gasteiger partial charge in [-0.2, -0.15) is 0 Å². The Balaban J connectivity index is 1.56. The lowest BCUT2D eigenvalue weighted by Crippen LogP contribution is -2.51. The van der Waals surface area contributed by atoms with E-state index in [-0.39, 0.29) is 17.9 Å². The molecule has 1 fully saturated rings. The van der Waals surface area contributed by atoms with Gasteiger partial charge in [0.25, 0.3) is 0 Å². The number of hydrogen-bond acceptors (Lipinski definition) is 8. The summed E-state index contributed by atoms with van der Waals surface area (Å²) in [6.07, 6.45) is -2.25. The van der Waals surface area contributed by atoms with E-state index >= 15 is 0 Å². The minimum Gasteiger partial charge on any atom is -0.459 e. The first-order valence-corrected chi connectivity index (χ1v) is 10.4. The number of carbonyl (C=O) groups excluding carboxylic acids is 2. The minimum atomic E-state index is -1.88. The van der Waals surface area contributed by atoms with E-state index in [1.807, 2.05) is 0 Å². The van der Waals surface area contributed by atoms with Crippen LogP contribution >= 0.6 is 0 Å². The number of benzene rings is 2. The third-order valence-corrected chi connectivity index (χ3v) is 5.36. The maximum absolute atomic E-state index is 12.8. The molecule has 170 valence electrons. The summed E-state index contributed by atoms with van der Waals surface area (Å²) in [5.41, 5.74) is -1.02. The molecule has 0 bridgehead atoms. The van der Waals surface area contributed by atoms with E-state index in [1.165, 1.54) is 6.20 Å². The molecule has 1 aliphatic rings. The van der Waals surface area contributed by atoms with Crippen LogP contribution in [0, 0.1) is 0 Å². The van der Waals surface area contributed by atoms with Crippen LogP contribution < -0.4 is 0 Å². The van der Waals surface area contributed by atoms with E-state index in [9.17, 15) is 19.8 Å². The average molecular weight is 449 g/mol. The molecule has 2 N–H and O–H groups in total. The summed E-state index contributed by atoms with van der Waals surface area (Å²) in [4.78, 5) is 29.3. The summed E-state index contributed by atoms with van der Waals surface area (Å²) < 4.78 is 16.6. The number of aromatic nitrogens is 1. The van der Waals surface area contributed by atoms with E-state index in [1.54, 1.807) is 78.9 Å². The highest BCUT2D eigenvalue weighted by atomic mass is 16.6. The van der Waals surface area contributed by atoms with Gasteiger partial charge in [-0.1, -0.05) is 42.5 Å². The molecule has 8 heteroatoms. The van der Waals surface area contributed by atoms with Crippen LogP contribution in [0.4, 0.5) is 0 Å². The first kappa shape index (κ1) is 22.6. The third-order valence-electron chi connectivity index (χ3n) is 5.36. The maximum Gasteiger partial charge on any atom is 0.338 e. The molecule has 33 heavy (non-hydrogen) atoms. The van der Waals surface area contributed by atoms with Gasteiger partial charge in [0.2, 0.25) is 0 Å². The standard InChI is InChI=1S/C25H23NO7/c27-20(19-13-7-8-14-26-19)21-22(33-24(29)18-11-5-2-6-12-18)25(30,15-31-21)16-32-23(28)17-9-3-1-4-10-17/h1-14,20-22,27,30H,15-16H2/t20-,21-,22-,25+/m0/s1. The van der Waals surface area contributed by atoms with Gasteiger partial charge in [-0.05, 0) is 36.4 Å². The summed E-state index contributed by atoms with van der Waals surface area (Å²) in [6.45, 7) is -0.824. The maximum atomic E-state index is 12.8. The fourth-order valence-electron chi connectivity index (χ4n) is 3.60. The summed E-state index contributed by atoms with van der Waals surface area (Å²) in [6, 6.07) is 21.5. The molecule has 0 amide bonds. The van der Waals surface area contributed by atoms with Crippen molar-refractivity contribution in [2.45, 2.75) is 23.9 Å². The van der Waals surface area contributed by atoms with Gasteiger partial charge in [-0.3, -0.25) is 4.98 Å². The zero-order chi connectivity index (χ0) is 23.3. The largest absolute Gasteiger partial charge is 0.459 e. The quantitative estimate of drug-likeness (QED) is 0.528. The Morgan fingerprint density at radius 1 is 0.970 bits per heavy atom. The number of pyridine rings is 1. The van der Waals surface area contributed by atoms with Gasteiger partial charge in [0, 0.05) is 6.20 Å². The molecule has 0 unspecified atom stereocenters. The molecule has 3 aromatic rings. The molecule has 2 aromatic carbocycles. The monoisotopic (exact) mass is 449 g/mol. The molecule has 1 saturated heterocycles. The summed E-state index contributed by atoms with van der Waals surface area (Å²) in [5, 5.41) is 22.2. The Kier molecular flexibility index (Phi) is 6.79. The third kappa shape index (κ3) is 5.09. The van der Waals surface area contributed by atoms with Crippen molar-refractivity contribution in [2.75, 3.05) is 13.2 Å². The van der Waals surface area contributed by atoms with E-state index in [2.05, 4.69) is 4.98 Å². The van der Waals surface area contributed by atoms with Crippen molar-refractivity contribution in [3.8, 4) is 0 Å². The van der Waals surface area contributed by atoms with Crippen molar-refractivity contribution >= 4 is 11.9 Å². The highest BCUT2D eigenvalue weighted by Gasteiger charge is 2.55. The van der Waals surface area contributed by atoms with Crippen LogP contribution in [0.15, 0.2) is 85.1 Å². The predicted octanol–water partition coefficient (Wildman–Crippen LogP) is 2.33. The van der Waals surface area contributed by atoms with Crippen LogP contribution in [0.5, 0.6) is 0 Å². The van der Waals surface area contributed by atoms with Gasteiger partial charge in [0.1, 0.15) is 18.8 Å². The molecule has 0 saturated carbocycles. The molecule has 0 spiro atoms. The van der Waals surface area contributed by atoms with Gasteiger partial charge in [-0.25, -0.2) is 9.59 Å². The van der Waals surface area contributed by atoms with E-state index < -0.39 is 42.5 Å². The Labute approximate surface area is 190 Å². The topological polar surface area (TPSA) is 115 Å². The Morgan fingerprint density at radius 2 is 1.58 bits per heavy atom. The number of hydrogen-bond donors (Lipinski definition) is 2. The second-order valence-corrected chi connectivity index (χ2v) is 7.71. The second kappa shape index (κ2) is 9.91. The van der Waals surface area contributed by atoms with Crippen LogP contribution in [-0.2, 0) is 14.2 Å². The number of carbonyl (C=O) groups is 2. The van der Waals surface area contributed by atoms with Crippen LogP contribution in [0.3, 0.4) is 0 Å². The molecule has 4 rings (SSSR count). The minimum absolute atomic E-state index is 0.263. The Hall–Kier alpha value is -3.59. The molecule has 8 nitrogen and oxygen atoms in total. The number of esters is 2. The predicted molar refractivity (Wildman–Crippen MR) is 116 cm³/mol. The number of ether oxygens (including phenoxy) is 3.